The van der Waals surface area contributed by atoms with Gasteiger partial charge in [0.15, 0.2) is 0 Å². The van der Waals surface area contributed by atoms with Crippen molar-refractivity contribution >= 4 is 0 Å². The molecule has 2 heterocycles. The fraction of sp³-hybridized carbons (Fsp3) is 1.00. The molecule has 2 atom stereocenters. The van der Waals surface area contributed by atoms with Crippen LogP contribution in [-0.2, 0) is 4.74 Å². The van der Waals surface area contributed by atoms with Crippen molar-refractivity contribution in [2.24, 2.45) is 11.3 Å². The van der Waals surface area contributed by atoms with Gasteiger partial charge in [0.25, 0.3) is 0 Å². The minimum absolute atomic E-state index is 0.413. The van der Waals surface area contributed by atoms with Crippen molar-refractivity contribution in [1.29, 1.82) is 0 Å². The normalized spacial score (nSPS) is 32.6. The van der Waals surface area contributed by atoms with Crippen LogP contribution in [0.25, 0.3) is 0 Å². The van der Waals surface area contributed by atoms with Crippen LogP contribution < -0.4 is 0 Å². The van der Waals surface area contributed by atoms with E-state index in [0.29, 0.717) is 11.5 Å². The van der Waals surface area contributed by atoms with E-state index in [2.05, 4.69) is 25.7 Å². The summed E-state index contributed by atoms with van der Waals surface area (Å²) in [6, 6.07) is 0. The first-order chi connectivity index (χ1) is 8.05. The van der Waals surface area contributed by atoms with Crippen molar-refractivity contribution in [3.8, 4) is 0 Å². The van der Waals surface area contributed by atoms with Crippen LogP contribution in [0.1, 0.15) is 52.9 Å². The summed E-state index contributed by atoms with van der Waals surface area (Å²) in [4.78, 5) is 2.60. The second-order valence-corrected chi connectivity index (χ2v) is 6.96. The van der Waals surface area contributed by atoms with Crippen molar-refractivity contribution < 1.29 is 4.74 Å². The average molecular weight is 239 g/mol. The van der Waals surface area contributed by atoms with E-state index in [4.69, 9.17) is 4.74 Å². The molecule has 0 aromatic rings. The fourth-order valence-electron chi connectivity index (χ4n) is 3.06. The molecule has 0 spiro atoms. The molecule has 0 bridgehead atoms. The third kappa shape index (κ3) is 3.96. The number of hydrogen-bond donors (Lipinski definition) is 0. The Kier molecular flexibility index (Phi) is 4.48. The van der Waals surface area contributed by atoms with Crippen LogP contribution in [0, 0.1) is 11.3 Å². The van der Waals surface area contributed by atoms with E-state index in [9.17, 15) is 0 Å². The summed E-state index contributed by atoms with van der Waals surface area (Å²) in [5.41, 5.74) is 0.413. The molecule has 2 fully saturated rings. The molecule has 2 rings (SSSR count). The second-order valence-electron chi connectivity index (χ2n) is 6.96. The number of piperidine rings is 1. The minimum atomic E-state index is 0.413. The van der Waals surface area contributed by atoms with Gasteiger partial charge in [-0.3, -0.25) is 0 Å². The molecule has 2 aliphatic rings. The first-order valence-corrected chi connectivity index (χ1v) is 7.39. The zero-order valence-corrected chi connectivity index (χ0v) is 11.9. The Labute approximate surface area is 107 Å². The fourth-order valence-corrected chi connectivity index (χ4v) is 3.06. The van der Waals surface area contributed by atoms with Crippen LogP contribution in [0.4, 0.5) is 0 Å². The van der Waals surface area contributed by atoms with E-state index in [0.717, 1.165) is 12.5 Å². The molecule has 0 aliphatic carbocycles. The van der Waals surface area contributed by atoms with Gasteiger partial charge in [-0.05, 0) is 50.1 Å². The molecular formula is C15H29NO. The maximum atomic E-state index is 6.08. The quantitative estimate of drug-likeness (QED) is 0.733. The van der Waals surface area contributed by atoms with Crippen molar-refractivity contribution in [3.05, 3.63) is 0 Å². The highest BCUT2D eigenvalue weighted by Gasteiger charge is 2.31. The van der Waals surface area contributed by atoms with Crippen LogP contribution in [0.15, 0.2) is 0 Å². The topological polar surface area (TPSA) is 12.5 Å². The van der Waals surface area contributed by atoms with E-state index < -0.39 is 0 Å². The standard InChI is InChI=1S/C15H29NO/c1-15(2,3)13-7-8-14(17-12-13)11-16-9-5-4-6-10-16/h13-14H,4-12H2,1-3H3. The molecule has 0 aromatic heterocycles. The molecule has 0 amide bonds. The lowest BCUT2D eigenvalue weighted by Crippen LogP contribution is -2.41. The highest BCUT2D eigenvalue weighted by molar-refractivity contribution is 4.81. The Balaban J connectivity index is 1.71. The molecule has 2 aliphatic heterocycles. The van der Waals surface area contributed by atoms with E-state index in [1.165, 1.54) is 51.7 Å². The summed E-state index contributed by atoms with van der Waals surface area (Å²) in [7, 11) is 0. The largest absolute Gasteiger partial charge is 0.377 e. The molecular weight excluding hydrogens is 210 g/mol. The van der Waals surface area contributed by atoms with Crippen LogP contribution >= 0.6 is 0 Å². The molecule has 0 radical (unpaired) electrons. The van der Waals surface area contributed by atoms with E-state index in [1.54, 1.807) is 0 Å². The Morgan fingerprint density at radius 3 is 2.29 bits per heavy atom. The summed E-state index contributed by atoms with van der Waals surface area (Å²) >= 11 is 0. The predicted octanol–water partition coefficient (Wildman–Crippen LogP) is 3.31. The van der Waals surface area contributed by atoms with Gasteiger partial charge in [-0.25, -0.2) is 0 Å². The van der Waals surface area contributed by atoms with Crippen LogP contribution in [0.5, 0.6) is 0 Å². The molecule has 2 heteroatoms. The number of likely N-dealkylation sites (tertiary alicyclic amines) is 1. The smallest absolute Gasteiger partial charge is 0.0702 e. The van der Waals surface area contributed by atoms with E-state index >= 15 is 0 Å². The molecule has 2 unspecified atom stereocenters. The average Bonchev–Trinajstić information content (AvgIpc) is 2.30. The van der Waals surface area contributed by atoms with Gasteiger partial charge in [-0.15, -0.1) is 0 Å². The molecule has 100 valence electrons. The van der Waals surface area contributed by atoms with Gasteiger partial charge in [0.2, 0.25) is 0 Å². The number of rotatable bonds is 2. The minimum Gasteiger partial charge on any atom is -0.377 e. The Bertz CT molecular complexity index is 220. The van der Waals surface area contributed by atoms with Crippen molar-refractivity contribution in [2.45, 2.75) is 59.0 Å². The van der Waals surface area contributed by atoms with Crippen molar-refractivity contribution in [3.63, 3.8) is 0 Å². The molecule has 2 nitrogen and oxygen atoms in total. The van der Waals surface area contributed by atoms with E-state index in [-0.39, 0.29) is 0 Å². The Hall–Kier alpha value is -0.0800. The Morgan fingerprint density at radius 1 is 1.06 bits per heavy atom. The zero-order chi connectivity index (χ0) is 12.3. The summed E-state index contributed by atoms with van der Waals surface area (Å²) in [5.74, 6) is 0.750. The summed E-state index contributed by atoms with van der Waals surface area (Å²) in [5, 5.41) is 0. The SMILES string of the molecule is CC(C)(C)C1CCC(CN2CCCCC2)OC1. The van der Waals surface area contributed by atoms with Gasteiger partial charge >= 0.3 is 0 Å². The third-order valence-electron chi connectivity index (χ3n) is 4.51. The van der Waals surface area contributed by atoms with Crippen LogP contribution in [0.2, 0.25) is 0 Å². The number of hydrogen-bond acceptors (Lipinski definition) is 2. The zero-order valence-electron chi connectivity index (χ0n) is 11.9. The second kappa shape index (κ2) is 5.71. The van der Waals surface area contributed by atoms with Gasteiger partial charge in [0, 0.05) is 6.54 Å². The molecule has 0 saturated carbocycles. The summed E-state index contributed by atoms with van der Waals surface area (Å²) in [6.45, 7) is 11.8. The molecule has 0 aromatic carbocycles. The third-order valence-corrected chi connectivity index (χ3v) is 4.51. The highest BCUT2D eigenvalue weighted by atomic mass is 16.5. The predicted molar refractivity (Wildman–Crippen MR) is 72.2 cm³/mol. The molecule has 0 N–H and O–H groups in total. The first kappa shape index (κ1) is 13.4. The maximum absolute atomic E-state index is 6.08. The lowest BCUT2D eigenvalue weighted by molar-refractivity contribution is -0.0595. The Morgan fingerprint density at radius 2 is 1.76 bits per heavy atom. The molecule has 17 heavy (non-hydrogen) atoms. The lowest BCUT2D eigenvalue weighted by atomic mass is 9.77. The van der Waals surface area contributed by atoms with Crippen LogP contribution in [0.3, 0.4) is 0 Å². The van der Waals surface area contributed by atoms with Gasteiger partial charge in [0.05, 0.1) is 12.7 Å². The van der Waals surface area contributed by atoms with Crippen LogP contribution in [-0.4, -0.2) is 37.2 Å². The van der Waals surface area contributed by atoms with Gasteiger partial charge in [-0.1, -0.05) is 27.2 Å². The van der Waals surface area contributed by atoms with Gasteiger partial charge in [0.1, 0.15) is 0 Å². The highest BCUT2D eigenvalue weighted by Crippen LogP contribution is 2.34. The van der Waals surface area contributed by atoms with Gasteiger partial charge in [-0.2, -0.15) is 0 Å². The monoisotopic (exact) mass is 239 g/mol. The first-order valence-electron chi connectivity index (χ1n) is 7.39. The summed E-state index contributed by atoms with van der Waals surface area (Å²) < 4.78 is 6.08. The number of ether oxygens (including phenoxy) is 1. The summed E-state index contributed by atoms with van der Waals surface area (Å²) in [6.07, 6.45) is 7.31. The van der Waals surface area contributed by atoms with Gasteiger partial charge < -0.3 is 9.64 Å². The van der Waals surface area contributed by atoms with E-state index in [1.807, 2.05) is 0 Å². The number of nitrogens with zero attached hydrogens (tertiary/aromatic N) is 1. The molecule has 2 saturated heterocycles. The lowest BCUT2D eigenvalue weighted by Gasteiger charge is -2.39. The van der Waals surface area contributed by atoms with Crippen molar-refractivity contribution in [1.82, 2.24) is 4.90 Å². The van der Waals surface area contributed by atoms with Crippen molar-refractivity contribution in [2.75, 3.05) is 26.2 Å². The maximum Gasteiger partial charge on any atom is 0.0702 e.